The van der Waals surface area contributed by atoms with Gasteiger partial charge in [-0.1, -0.05) is 23.4 Å². The van der Waals surface area contributed by atoms with Gasteiger partial charge in [-0.2, -0.15) is 13.2 Å². The van der Waals surface area contributed by atoms with E-state index in [9.17, 15) is 22.0 Å². The Kier molecular flexibility index (Phi) is 4.75. The average molecular weight is 314 g/mol. The molecule has 0 atom stereocenters. The van der Waals surface area contributed by atoms with Gasteiger partial charge in [-0.25, -0.2) is 8.78 Å². The molecule has 0 aliphatic rings. The van der Waals surface area contributed by atoms with E-state index in [2.05, 4.69) is 16.2 Å². The van der Waals surface area contributed by atoms with E-state index in [0.29, 0.717) is 0 Å². The molecule has 0 fully saturated rings. The normalized spacial score (nSPS) is 11.9. The maximum atomic E-state index is 13.3. The maximum absolute atomic E-state index is 13.3. The van der Waals surface area contributed by atoms with Crippen LogP contribution in [0.1, 0.15) is 16.7 Å². The van der Waals surface area contributed by atoms with Gasteiger partial charge in [0.05, 0.1) is 11.1 Å². The molecule has 0 saturated carbocycles. The lowest BCUT2D eigenvalue weighted by atomic mass is 10.1. The Balaban J connectivity index is 2.02. The molecule has 2 aromatic rings. The van der Waals surface area contributed by atoms with Crippen LogP contribution < -0.4 is 0 Å². The Hall–Kier alpha value is -2.44. The highest BCUT2D eigenvalue weighted by Gasteiger charge is 2.30. The number of alkyl halides is 3. The van der Waals surface area contributed by atoms with Crippen LogP contribution in [0.25, 0.3) is 0 Å². The highest BCUT2D eigenvalue weighted by atomic mass is 19.4. The maximum Gasteiger partial charge on any atom is 0.416 e. The van der Waals surface area contributed by atoms with Crippen LogP contribution in [0.15, 0.2) is 47.6 Å². The Bertz CT molecular complexity index is 662. The molecule has 7 heteroatoms. The zero-order valence-electron chi connectivity index (χ0n) is 11.0. The molecule has 115 valence electrons. The lowest BCUT2D eigenvalue weighted by Crippen LogP contribution is -2.05. The van der Waals surface area contributed by atoms with Crippen molar-refractivity contribution in [1.82, 2.24) is 0 Å². The molecular weight excluding hydrogens is 305 g/mol. The Labute approximate surface area is 122 Å². The molecule has 0 aliphatic heterocycles. The van der Waals surface area contributed by atoms with Crippen molar-refractivity contribution in [3.05, 3.63) is 70.8 Å². The molecule has 0 spiro atoms. The summed E-state index contributed by atoms with van der Waals surface area (Å²) in [5.74, 6) is -1.59. The summed E-state index contributed by atoms with van der Waals surface area (Å²) in [5, 5.41) is 3.29. The molecule has 2 nitrogen and oxygen atoms in total. The number of rotatable bonds is 4. The van der Waals surface area contributed by atoms with Gasteiger partial charge >= 0.3 is 6.18 Å². The van der Waals surface area contributed by atoms with Crippen molar-refractivity contribution in [3.8, 4) is 0 Å². The lowest BCUT2D eigenvalue weighted by Gasteiger charge is -2.06. The van der Waals surface area contributed by atoms with Crippen molar-refractivity contribution in [1.29, 1.82) is 0 Å². The van der Waals surface area contributed by atoms with E-state index in [4.69, 9.17) is 0 Å². The zero-order valence-corrected chi connectivity index (χ0v) is 11.0. The predicted octanol–water partition coefficient (Wildman–Crippen LogP) is 4.41. The second kappa shape index (κ2) is 6.55. The van der Waals surface area contributed by atoms with Crippen LogP contribution >= 0.6 is 0 Å². The van der Waals surface area contributed by atoms with Crippen LogP contribution in [0.3, 0.4) is 0 Å². The van der Waals surface area contributed by atoms with Gasteiger partial charge in [0.2, 0.25) is 0 Å². The van der Waals surface area contributed by atoms with Crippen LogP contribution in [-0.4, -0.2) is 6.21 Å². The summed E-state index contributed by atoms with van der Waals surface area (Å²) in [4.78, 5) is 4.66. The molecule has 0 N–H and O–H groups in total. The van der Waals surface area contributed by atoms with Crippen molar-refractivity contribution in [2.75, 3.05) is 0 Å². The van der Waals surface area contributed by atoms with E-state index in [0.717, 1.165) is 24.3 Å². The molecule has 0 amide bonds. The fourth-order valence-corrected chi connectivity index (χ4v) is 1.62. The molecule has 2 aromatic carbocycles. The fourth-order valence-electron chi connectivity index (χ4n) is 1.62. The van der Waals surface area contributed by atoms with Gasteiger partial charge in [0, 0.05) is 5.56 Å². The third kappa shape index (κ3) is 4.03. The average Bonchev–Trinajstić information content (AvgIpc) is 2.45. The quantitative estimate of drug-likeness (QED) is 0.465. The second-order valence-electron chi connectivity index (χ2n) is 4.26. The van der Waals surface area contributed by atoms with Gasteiger partial charge < -0.3 is 4.84 Å². The smallest absolute Gasteiger partial charge is 0.390 e. The first-order chi connectivity index (χ1) is 10.4. The van der Waals surface area contributed by atoms with Crippen molar-refractivity contribution in [3.63, 3.8) is 0 Å². The van der Waals surface area contributed by atoms with E-state index in [-0.39, 0.29) is 11.1 Å². The van der Waals surface area contributed by atoms with Crippen molar-refractivity contribution in [2.45, 2.75) is 12.8 Å². The summed E-state index contributed by atoms with van der Waals surface area (Å²) in [6.45, 7) is -0.496. The number of halogens is 5. The largest absolute Gasteiger partial charge is 0.416 e. The number of benzene rings is 2. The van der Waals surface area contributed by atoms with Gasteiger partial charge in [0.1, 0.15) is 24.5 Å². The molecule has 0 aromatic heterocycles. The first kappa shape index (κ1) is 15.9. The minimum Gasteiger partial charge on any atom is -0.390 e. The standard InChI is InChI=1S/C15H9F5NO/c16-13-5-2-6-14(17)12(13)9-22-21-8-10-3-1-4-11(7-10)15(18,19)20/h1-7H,9H2. The Morgan fingerprint density at radius 1 is 1.00 bits per heavy atom. The van der Waals surface area contributed by atoms with E-state index in [1.54, 1.807) is 0 Å². The molecule has 0 saturated heterocycles. The highest BCUT2D eigenvalue weighted by molar-refractivity contribution is 5.79. The number of hydrogen-bond donors (Lipinski definition) is 0. The molecule has 1 radical (unpaired) electrons. The third-order valence-electron chi connectivity index (χ3n) is 2.70. The summed E-state index contributed by atoms with van der Waals surface area (Å²) in [6.07, 6.45) is -2.25. The minimum atomic E-state index is -4.48. The molecule has 22 heavy (non-hydrogen) atoms. The molecule has 0 unspecified atom stereocenters. The van der Waals surface area contributed by atoms with Crippen molar-refractivity contribution >= 4 is 6.21 Å². The van der Waals surface area contributed by atoms with Crippen LogP contribution in [0.2, 0.25) is 0 Å². The first-order valence-electron chi connectivity index (χ1n) is 6.06. The molecule has 2 rings (SSSR count). The van der Waals surface area contributed by atoms with Crippen molar-refractivity contribution in [2.24, 2.45) is 5.16 Å². The number of hydrogen-bond acceptors (Lipinski definition) is 2. The Morgan fingerprint density at radius 2 is 1.64 bits per heavy atom. The zero-order chi connectivity index (χ0) is 16.2. The lowest BCUT2D eigenvalue weighted by molar-refractivity contribution is -0.137. The Morgan fingerprint density at radius 3 is 2.27 bits per heavy atom. The van der Waals surface area contributed by atoms with E-state index in [1.807, 2.05) is 0 Å². The van der Waals surface area contributed by atoms with Crippen LogP contribution in [-0.2, 0) is 17.6 Å². The summed E-state index contributed by atoms with van der Waals surface area (Å²) in [7, 11) is 0. The van der Waals surface area contributed by atoms with E-state index < -0.39 is 30.0 Å². The van der Waals surface area contributed by atoms with E-state index in [1.165, 1.54) is 18.2 Å². The SMILES string of the molecule is Fc1cccc(F)c1CO/N=[C]\c1cccc(C(F)(F)F)c1. The predicted molar refractivity (Wildman–Crippen MR) is 69.1 cm³/mol. The summed E-state index contributed by atoms with van der Waals surface area (Å²) >= 11 is 0. The van der Waals surface area contributed by atoms with Gasteiger partial charge in [-0.3, -0.25) is 0 Å². The molecular formula is C15H9F5NO. The summed E-state index contributed by atoms with van der Waals surface area (Å²) < 4.78 is 64.0. The van der Waals surface area contributed by atoms with Crippen LogP contribution in [0, 0.1) is 11.6 Å². The molecule has 0 aliphatic carbocycles. The monoisotopic (exact) mass is 314 g/mol. The topological polar surface area (TPSA) is 21.6 Å². The highest BCUT2D eigenvalue weighted by Crippen LogP contribution is 2.29. The fraction of sp³-hybridized carbons (Fsp3) is 0.133. The third-order valence-corrected chi connectivity index (χ3v) is 2.70. The van der Waals surface area contributed by atoms with Gasteiger partial charge in [-0.05, 0) is 24.3 Å². The minimum absolute atomic E-state index is 0.0313. The first-order valence-corrected chi connectivity index (χ1v) is 6.06. The second-order valence-corrected chi connectivity index (χ2v) is 4.26. The van der Waals surface area contributed by atoms with E-state index >= 15 is 0 Å². The summed E-state index contributed by atoms with van der Waals surface area (Å²) in [6, 6.07) is 7.58. The molecule has 0 heterocycles. The van der Waals surface area contributed by atoms with Gasteiger partial charge in [-0.15, -0.1) is 0 Å². The van der Waals surface area contributed by atoms with Crippen LogP contribution in [0.5, 0.6) is 0 Å². The number of nitrogens with zero attached hydrogens (tertiary/aromatic N) is 1. The molecule has 0 bridgehead atoms. The van der Waals surface area contributed by atoms with Crippen molar-refractivity contribution < 1.29 is 26.8 Å². The summed E-state index contributed by atoms with van der Waals surface area (Å²) in [5.41, 5.74) is -1.14. The van der Waals surface area contributed by atoms with Gasteiger partial charge in [0.15, 0.2) is 0 Å². The van der Waals surface area contributed by atoms with Crippen LogP contribution in [0.4, 0.5) is 22.0 Å². The van der Waals surface area contributed by atoms with Gasteiger partial charge in [0.25, 0.3) is 0 Å².